The molecule has 0 unspecified atom stereocenters. The zero-order chi connectivity index (χ0) is 25.8. The number of hydrogen-bond donors (Lipinski definition) is 1. The van der Waals surface area contributed by atoms with E-state index in [1.165, 1.54) is 0 Å². The number of H-pyrrole nitrogens is 1. The predicted molar refractivity (Wildman–Crippen MR) is 121 cm³/mol. The van der Waals surface area contributed by atoms with Crippen LogP contribution in [0.25, 0.3) is 0 Å². The number of urea groups is 1. The lowest BCUT2D eigenvalue weighted by atomic mass is 9.57. The molecule has 0 bridgehead atoms. The number of alkyl halides is 5. The number of nitrogens with one attached hydrogen (secondary N) is 1. The number of aromatic nitrogens is 4. The van der Waals surface area contributed by atoms with Crippen LogP contribution in [-0.2, 0) is 12.7 Å². The molecule has 0 aromatic carbocycles. The molecular formula is C23H26F5N7OS. The highest BCUT2D eigenvalue weighted by Gasteiger charge is 2.59. The Labute approximate surface area is 213 Å². The normalized spacial score (nSPS) is 26.4. The van der Waals surface area contributed by atoms with Gasteiger partial charge < -0.3 is 9.80 Å². The van der Waals surface area contributed by atoms with E-state index in [4.69, 9.17) is 0 Å². The number of halogens is 5. The number of amides is 2. The van der Waals surface area contributed by atoms with Crippen LogP contribution in [0, 0.1) is 10.8 Å². The first-order valence-electron chi connectivity index (χ1n) is 12.5. The second kappa shape index (κ2) is 7.61. The van der Waals surface area contributed by atoms with Gasteiger partial charge in [0.15, 0.2) is 5.82 Å². The highest BCUT2D eigenvalue weighted by molar-refractivity contribution is 7.05. The van der Waals surface area contributed by atoms with Crippen LogP contribution in [0.15, 0.2) is 6.20 Å². The molecule has 2 spiro atoms. The summed E-state index contributed by atoms with van der Waals surface area (Å²) in [7, 11) is 0. The molecule has 2 amide bonds. The SMILES string of the molecule is O=C(N1CC2(CC(c3nc(C4CC(F)(F)C4)n[nH]3)C2)C1)N1CC2(CN(Cc3sncc3C(F)(F)F)C2)C1. The van der Waals surface area contributed by atoms with E-state index in [-0.39, 0.29) is 53.0 Å². The van der Waals surface area contributed by atoms with Crippen LogP contribution in [0.4, 0.5) is 26.7 Å². The molecule has 2 aromatic rings. The van der Waals surface area contributed by atoms with Crippen molar-refractivity contribution >= 4 is 17.6 Å². The molecule has 5 aliphatic rings. The van der Waals surface area contributed by atoms with E-state index < -0.39 is 17.7 Å². The maximum Gasteiger partial charge on any atom is 0.419 e. The van der Waals surface area contributed by atoms with E-state index >= 15 is 0 Å². The fourth-order valence-corrected chi connectivity index (χ4v) is 7.75. The molecule has 37 heavy (non-hydrogen) atoms. The van der Waals surface area contributed by atoms with E-state index in [2.05, 4.69) is 19.6 Å². The van der Waals surface area contributed by atoms with E-state index in [1.54, 1.807) is 0 Å². The van der Waals surface area contributed by atoms with Gasteiger partial charge in [-0.3, -0.25) is 10.00 Å². The molecule has 2 saturated carbocycles. The fraction of sp³-hybridized carbons (Fsp3) is 0.739. The van der Waals surface area contributed by atoms with E-state index in [9.17, 15) is 26.7 Å². The molecule has 8 nitrogen and oxygen atoms in total. The Bertz CT molecular complexity index is 1210. The van der Waals surface area contributed by atoms with Crippen molar-refractivity contribution < 1.29 is 26.7 Å². The van der Waals surface area contributed by atoms with Crippen molar-refractivity contribution in [3.63, 3.8) is 0 Å². The molecular weight excluding hydrogens is 517 g/mol. The third-order valence-electron chi connectivity index (χ3n) is 8.80. The number of hydrogen-bond acceptors (Lipinski definition) is 6. The van der Waals surface area contributed by atoms with E-state index in [1.807, 2.05) is 14.7 Å². The van der Waals surface area contributed by atoms with Gasteiger partial charge in [-0.15, -0.1) is 0 Å². The Kier molecular flexibility index (Phi) is 4.88. The Morgan fingerprint density at radius 2 is 1.65 bits per heavy atom. The minimum Gasteiger partial charge on any atom is -0.323 e. The van der Waals surface area contributed by atoms with Crippen LogP contribution in [0.2, 0.25) is 0 Å². The third-order valence-corrected chi connectivity index (χ3v) is 9.58. The average molecular weight is 544 g/mol. The Morgan fingerprint density at radius 3 is 2.27 bits per heavy atom. The van der Waals surface area contributed by atoms with Gasteiger partial charge in [0, 0.05) is 81.3 Å². The molecule has 3 aliphatic heterocycles. The Hall–Kier alpha value is -2.35. The van der Waals surface area contributed by atoms with E-state index in [0.717, 1.165) is 36.4 Å². The van der Waals surface area contributed by atoms with Gasteiger partial charge in [0.1, 0.15) is 5.82 Å². The lowest BCUT2D eigenvalue weighted by molar-refractivity contribution is -0.139. The minimum atomic E-state index is -4.38. The molecule has 5 heterocycles. The summed E-state index contributed by atoms with van der Waals surface area (Å²) in [5, 5.41) is 7.09. The topological polar surface area (TPSA) is 81.2 Å². The van der Waals surface area contributed by atoms with E-state index in [0.29, 0.717) is 45.1 Å². The lowest BCUT2D eigenvalue weighted by Crippen LogP contribution is -2.75. The van der Waals surface area contributed by atoms with Gasteiger partial charge in [0.05, 0.1) is 16.6 Å². The monoisotopic (exact) mass is 543 g/mol. The third kappa shape index (κ3) is 3.93. The zero-order valence-electron chi connectivity index (χ0n) is 19.9. The number of rotatable bonds is 4. The highest BCUT2D eigenvalue weighted by Crippen LogP contribution is 2.56. The van der Waals surface area contributed by atoms with Gasteiger partial charge in [0.2, 0.25) is 5.92 Å². The molecule has 1 N–H and O–H groups in total. The molecule has 7 rings (SSSR count). The number of likely N-dealkylation sites (tertiary alicyclic amines) is 3. The average Bonchev–Trinajstić information content (AvgIpc) is 3.33. The van der Waals surface area contributed by atoms with Crippen molar-refractivity contribution in [3.8, 4) is 0 Å². The van der Waals surface area contributed by atoms with Gasteiger partial charge >= 0.3 is 12.2 Å². The van der Waals surface area contributed by atoms with Crippen LogP contribution in [-0.4, -0.2) is 85.5 Å². The summed E-state index contributed by atoms with van der Waals surface area (Å²) in [5.41, 5.74) is -0.546. The molecule has 5 fully saturated rings. The first-order valence-corrected chi connectivity index (χ1v) is 13.3. The van der Waals surface area contributed by atoms with Crippen molar-refractivity contribution in [3.05, 3.63) is 28.3 Å². The van der Waals surface area contributed by atoms with Gasteiger partial charge in [0.25, 0.3) is 0 Å². The van der Waals surface area contributed by atoms with Crippen LogP contribution in [0.1, 0.15) is 59.6 Å². The van der Waals surface area contributed by atoms with Crippen molar-refractivity contribution in [1.29, 1.82) is 0 Å². The Morgan fingerprint density at radius 1 is 1.00 bits per heavy atom. The second-order valence-electron chi connectivity index (χ2n) is 11.9. The van der Waals surface area contributed by atoms with Crippen LogP contribution < -0.4 is 0 Å². The molecule has 200 valence electrons. The number of carbonyl (C=O) groups excluding carboxylic acids is 1. The molecule has 2 aromatic heterocycles. The number of aromatic amines is 1. The van der Waals surface area contributed by atoms with Gasteiger partial charge in [-0.2, -0.15) is 18.3 Å². The molecule has 0 atom stereocenters. The maximum absolute atomic E-state index is 13.1. The lowest BCUT2D eigenvalue weighted by Gasteiger charge is -2.63. The maximum atomic E-state index is 13.1. The van der Waals surface area contributed by atoms with Crippen molar-refractivity contribution in [1.82, 2.24) is 34.3 Å². The summed E-state index contributed by atoms with van der Waals surface area (Å²) in [5.74, 6) is -1.38. The first-order chi connectivity index (χ1) is 17.4. The molecule has 3 saturated heterocycles. The van der Waals surface area contributed by atoms with Crippen molar-refractivity contribution in [2.75, 3.05) is 39.3 Å². The van der Waals surface area contributed by atoms with Crippen molar-refractivity contribution in [2.45, 2.75) is 56.2 Å². The minimum absolute atomic E-state index is 0.00272. The second-order valence-corrected chi connectivity index (χ2v) is 12.8. The van der Waals surface area contributed by atoms with Gasteiger partial charge in [-0.1, -0.05) is 0 Å². The smallest absolute Gasteiger partial charge is 0.323 e. The number of carbonyl (C=O) groups is 1. The molecule has 2 aliphatic carbocycles. The highest BCUT2D eigenvalue weighted by atomic mass is 32.1. The molecule has 0 radical (unpaired) electrons. The van der Waals surface area contributed by atoms with Crippen LogP contribution in [0.3, 0.4) is 0 Å². The largest absolute Gasteiger partial charge is 0.419 e. The summed E-state index contributed by atoms with van der Waals surface area (Å²) in [6, 6.07) is 0.0350. The zero-order valence-corrected chi connectivity index (χ0v) is 20.7. The van der Waals surface area contributed by atoms with Gasteiger partial charge in [-0.25, -0.2) is 22.9 Å². The van der Waals surface area contributed by atoms with Crippen molar-refractivity contribution in [2.24, 2.45) is 10.8 Å². The van der Waals surface area contributed by atoms with Crippen LogP contribution in [0.5, 0.6) is 0 Å². The summed E-state index contributed by atoms with van der Waals surface area (Å²) in [6.07, 6.45) is -2.04. The first kappa shape index (κ1) is 23.7. The number of nitrogens with zero attached hydrogens (tertiary/aromatic N) is 6. The predicted octanol–water partition coefficient (Wildman–Crippen LogP) is 3.91. The van der Waals surface area contributed by atoms with Gasteiger partial charge in [-0.05, 0) is 24.4 Å². The summed E-state index contributed by atoms with van der Waals surface area (Å²) < 4.78 is 69.2. The fourth-order valence-electron chi connectivity index (χ4n) is 6.96. The standard InChI is InChI=1S/C23H26F5N7OS/c24-22(25)3-14(4-22)18-30-17(31-32-18)13-1-20(2-13)9-34(10-20)19(36)35-11-21(12-35)7-33(8-21)6-16-15(5-29-37-16)23(26,27)28/h5,13-14H,1-4,6-12H2,(H,30,31,32). The summed E-state index contributed by atoms with van der Waals surface area (Å²) in [4.78, 5) is 23.3. The summed E-state index contributed by atoms with van der Waals surface area (Å²) >= 11 is 0.892. The van der Waals surface area contributed by atoms with Crippen LogP contribution >= 0.6 is 11.5 Å². The Balaban J connectivity index is 0.843. The molecule has 14 heteroatoms. The quantitative estimate of drug-likeness (QED) is 0.592. The summed E-state index contributed by atoms with van der Waals surface area (Å²) in [6.45, 7) is 4.32.